The molecule has 0 aliphatic carbocycles. The van der Waals surface area contributed by atoms with E-state index in [0.29, 0.717) is 18.5 Å². The van der Waals surface area contributed by atoms with Crippen LogP contribution in [0.3, 0.4) is 0 Å². The molecule has 0 aliphatic rings. The Morgan fingerprint density at radius 2 is 1.92 bits per heavy atom. The third kappa shape index (κ3) is 6.98. The molecule has 80 valence electrons. The van der Waals surface area contributed by atoms with Gasteiger partial charge in [0.05, 0.1) is 5.75 Å². The van der Waals surface area contributed by atoms with E-state index in [-0.39, 0.29) is 5.75 Å². The topological polar surface area (TPSA) is 72.2 Å². The van der Waals surface area contributed by atoms with Crippen LogP contribution >= 0.6 is 0 Å². The van der Waals surface area contributed by atoms with Crippen molar-refractivity contribution in [1.82, 2.24) is 5.32 Å². The van der Waals surface area contributed by atoms with E-state index in [9.17, 15) is 8.42 Å². The highest BCUT2D eigenvalue weighted by Crippen LogP contribution is 2.05. The van der Waals surface area contributed by atoms with Crippen molar-refractivity contribution in [3.05, 3.63) is 0 Å². The zero-order valence-corrected chi connectivity index (χ0v) is 9.39. The van der Waals surface area contributed by atoms with E-state index < -0.39 is 10.0 Å². The molecular weight excluding hydrogens is 188 g/mol. The van der Waals surface area contributed by atoms with Crippen molar-refractivity contribution in [3.8, 4) is 0 Å². The zero-order chi connectivity index (χ0) is 10.5. The SMILES string of the molecule is CCC(C)C(C)NCCS(N)(=O)=O. The van der Waals surface area contributed by atoms with Crippen LogP contribution < -0.4 is 10.5 Å². The Hall–Kier alpha value is -0.130. The van der Waals surface area contributed by atoms with Crippen LogP contribution in [0.5, 0.6) is 0 Å². The average Bonchev–Trinajstić information content (AvgIpc) is 2.00. The maximum atomic E-state index is 10.6. The molecule has 3 N–H and O–H groups in total. The minimum absolute atomic E-state index is 0.00771. The summed E-state index contributed by atoms with van der Waals surface area (Å²) < 4.78 is 21.2. The second kappa shape index (κ2) is 5.57. The third-order valence-electron chi connectivity index (χ3n) is 2.35. The predicted molar refractivity (Wildman–Crippen MR) is 54.9 cm³/mol. The number of hydrogen-bond donors (Lipinski definition) is 2. The summed E-state index contributed by atoms with van der Waals surface area (Å²) in [5.41, 5.74) is 0. The first-order valence-electron chi connectivity index (χ1n) is 4.60. The lowest BCUT2D eigenvalue weighted by atomic mass is 10.0. The van der Waals surface area contributed by atoms with Crippen LogP contribution in [0.15, 0.2) is 0 Å². The van der Waals surface area contributed by atoms with Gasteiger partial charge in [-0.25, -0.2) is 13.6 Å². The molecule has 0 saturated carbocycles. The quantitative estimate of drug-likeness (QED) is 0.659. The number of rotatable bonds is 6. The van der Waals surface area contributed by atoms with Crippen molar-refractivity contribution in [3.63, 3.8) is 0 Å². The van der Waals surface area contributed by atoms with Crippen LogP contribution in [0.25, 0.3) is 0 Å². The van der Waals surface area contributed by atoms with E-state index in [0.717, 1.165) is 6.42 Å². The zero-order valence-electron chi connectivity index (χ0n) is 8.58. The molecule has 13 heavy (non-hydrogen) atoms. The normalized spacial score (nSPS) is 16.9. The molecule has 2 unspecified atom stereocenters. The summed E-state index contributed by atoms with van der Waals surface area (Å²) in [6.07, 6.45) is 1.09. The van der Waals surface area contributed by atoms with Gasteiger partial charge in [-0.3, -0.25) is 0 Å². The highest BCUT2D eigenvalue weighted by Gasteiger charge is 2.10. The molecule has 0 spiro atoms. The summed E-state index contributed by atoms with van der Waals surface area (Å²) in [5, 5.41) is 7.99. The minimum atomic E-state index is -3.31. The van der Waals surface area contributed by atoms with Crippen LogP contribution in [0.2, 0.25) is 0 Å². The van der Waals surface area contributed by atoms with Gasteiger partial charge in [0.2, 0.25) is 10.0 Å². The number of nitrogens with two attached hydrogens (primary N) is 1. The summed E-state index contributed by atoms with van der Waals surface area (Å²) in [6, 6.07) is 0.340. The van der Waals surface area contributed by atoms with Gasteiger partial charge in [0, 0.05) is 12.6 Å². The van der Waals surface area contributed by atoms with E-state index >= 15 is 0 Å². The van der Waals surface area contributed by atoms with Gasteiger partial charge in [-0.15, -0.1) is 0 Å². The fourth-order valence-electron chi connectivity index (χ4n) is 0.984. The Balaban J connectivity index is 3.65. The molecule has 0 radical (unpaired) electrons. The van der Waals surface area contributed by atoms with Crippen molar-refractivity contribution in [2.45, 2.75) is 33.2 Å². The predicted octanol–water partition coefficient (Wildman–Crippen LogP) is 0.299. The number of hydrogen-bond acceptors (Lipinski definition) is 3. The molecule has 0 rings (SSSR count). The first-order valence-corrected chi connectivity index (χ1v) is 6.32. The Morgan fingerprint density at radius 1 is 1.38 bits per heavy atom. The van der Waals surface area contributed by atoms with Gasteiger partial charge < -0.3 is 5.32 Å². The number of primary sulfonamides is 1. The first-order chi connectivity index (χ1) is 5.87. The second-order valence-electron chi connectivity index (χ2n) is 3.50. The monoisotopic (exact) mass is 208 g/mol. The molecular formula is C8H20N2O2S. The van der Waals surface area contributed by atoms with E-state index in [2.05, 4.69) is 26.1 Å². The highest BCUT2D eigenvalue weighted by molar-refractivity contribution is 7.89. The molecule has 0 aromatic carbocycles. The Morgan fingerprint density at radius 3 is 2.31 bits per heavy atom. The molecule has 5 heteroatoms. The Kier molecular flexibility index (Phi) is 5.51. The maximum absolute atomic E-state index is 10.6. The van der Waals surface area contributed by atoms with Crippen molar-refractivity contribution in [1.29, 1.82) is 0 Å². The first kappa shape index (κ1) is 12.9. The molecule has 0 amide bonds. The number of nitrogens with one attached hydrogen (secondary N) is 1. The molecule has 0 fully saturated rings. The van der Waals surface area contributed by atoms with Crippen LogP contribution in [0.4, 0.5) is 0 Å². The van der Waals surface area contributed by atoms with E-state index in [1.165, 1.54) is 0 Å². The average molecular weight is 208 g/mol. The minimum Gasteiger partial charge on any atom is -0.313 e. The van der Waals surface area contributed by atoms with Crippen LogP contribution in [0.1, 0.15) is 27.2 Å². The van der Waals surface area contributed by atoms with Gasteiger partial charge in [-0.1, -0.05) is 20.3 Å². The lowest BCUT2D eigenvalue weighted by Crippen LogP contribution is -2.36. The van der Waals surface area contributed by atoms with E-state index in [1.54, 1.807) is 0 Å². The number of sulfonamides is 1. The van der Waals surface area contributed by atoms with Gasteiger partial charge >= 0.3 is 0 Å². The van der Waals surface area contributed by atoms with Gasteiger partial charge in [-0.05, 0) is 12.8 Å². The Bertz CT molecular complexity index is 226. The maximum Gasteiger partial charge on any atom is 0.210 e. The van der Waals surface area contributed by atoms with Gasteiger partial charge in [0.25, 0.3) is 0 Å². The largest absolute Gasteiger partial charge is 0.313 e. The van der Waals surface area contributed by atoms with Crippen molar-refractivity contribution in [2.24, 2.45) is 11.1 Å². The van der Waals surface area contributed by atoms with Gasteiger partial charge in [0.15, 0.2) is 0 Å². The van der Waals surface area contributed by atoms with Crippen molar-refractivity contribution < 1.29 is 8.42 Å². The molecule has 0 aromatic rings. The van der Waals surface area contributed by atoms with Crippen LogP contribution in [0, 0.1) is 5.92 Å². The summed E-state index contributed by atoms with van der Waals surface area (Å²) >= 11 is 0. The second-order valence-corrected chi connectivity index (χ2v) is 5.23. The van der Waals surface area contributed by atoms with Crippen molar-refractivity contribution in [2.75, 3.05) is 12.3 Å². The molecule has 4 nitrogen and oxygen atoms in total. The lowest BCUT2D eigenvalue weighted by molar-refractivity contribution is 0.398. The van der Waals surface area contributed by atoms with Crippen molar-refractivity contribution >= 4 is 10.0 Å². The lowest BCUT2D eigenvalue weighted by Gasteiger charge is -2.19. The molecule has 2 atom stereocenters. The Labute approximate surface area is 80.9 Å². The van der Waals surface area contributed by atoms with Crippen LogP contribution in [-0.4, -0.2) is 26.8 Å². The van der Waals surface area contributed by atoms with Gasteiger partial charge in [0.1, 0.15) is 0 Å². The fourth-order valence-corrected chi connectivity index (χ4v) is 1.39. The smallest absolute Gasteiger partial charge is 0.210 e. The highest BCUT2D eigenvalue weighted by atomic mass is 32.2. The molecule has 0 aliphatic heterocycles. The van der Waals surface area contributed by atoms with E-state index in [4.69, 9.17) is 5.14 Å². The summed E-state index contributed by atoms with van der Waals surface area (Å²) in [7, 11) is -3.31. The molecule has 0 heterocycles. The standard InChI is InChI=1S/C8H20N2O2S/c1-4-7(2)8(3)10-5-6-13(9,11)12/h7-8,10H,4-6H2,1-3H3,(H2,9,11,12). The molecule has 0 aromatic heterocycles. The summed E-state index contributed by atoms with van der Waals surface area (Å²) in [5.74, 6) is 0.564. The van der Waals surface area contributed by atoms with Crippen LogP contribution in [-0.2, 0) is 10.0 Å². The third-order valence-corrected chi connectivity index (χ3v) is 3.12. The fraction of sp³-hybridized carbons (Fsp3) is 1.00. The van der Waals surface area contributed by atoms with E-state index in [1.807, 2.05) is 0 Å². The van der Waals surface area contributed by atoms with Gasteiger partial charge in [-0.2, -0.15) is 0 Å². The summed E-state index contributed by atoms with van der Waals surface area (Å²) in [6.45, 7) is 6.73. The molecule has 0 saturated heterocycles. The molecule has 0 bridgehead atoms. The summed E-state index contributed by atoms with van der Waals surface area (Å²) in [4.78, 5) is 0.